The molecule has 1 aromatic carbocycles. The van der Waals surface area contributed by atoms with E-state index in [0.29, 0.717) is 29.4 Å². The largest absolute Gasteiger partial charge is 0.481 e. The Hall–Kier alpha value is -3.16. The molecule has 2 aromatic heterocycles. The van der Waals surface area contributed by atoms with Gasteiger partial charge in [-0.25, -0.2) is 4.52 Å². The second-order valence-corrected chi connectivity index (χ2v) is 7.30. The van der Waals surface area contributed by atoms with Crippen LogP contribution in [0.15, 0.2) is 35.3 Å². The summed E-state index contributed by atoms with van der Waals surface area (Å²) in [4.78, 5) is 39.6. The molecule has 8 heteroatoms. The van der Waals surface area contributed by atoms with E-state index < -0.39 is 23.3 Å². The van der Waals surface area contributed by atoms with Gasteiger partial charge in [0.05, 0.1) is 28.6 Å². The summed E-state index contributed by atoms with van der Waals surface area (Å²) >= 11 is 0. The van der Waals surface area contributed by atoms with Gasteiger partial charge >= 0.3 is 5.97 Å². The van der Waals surface area contributed by atoms with Gasteiger partial charge in [0.25, 0.3) is 11.5 Å². The van der Waals surface area contributed by atoms with Gasteiger partial charge in [-0.3, -0.25) is 14.4 Å². The number of aromatic amines is 1. The highest BCUT2D eigenvalue weighted by molar-refractivity contribution is 6.01. The predicted octanol–water partition coefficient (Wildman–Crippen LogP) is 1.94. The lowest BCUT2D eigenvalue weighted by atomic mass is 9.74. The molecular formula is C19H20N4O4. The average Bonchev–Trinajstić information content (AvgIpc) is 3.06. The molecule has 2 unspecified atom stereocenters. The molecule has 1 fully saturated rings. The first-order valence-corrected chi connectivity index (χ1v) is 8.95. The van der Waals surface area contributed by atoms with Crippen LogP contribution in [0.3, 0.4) is 0 Å². The first-order valence-electron chi connectivity index (χ1n) is 8.95. The second-order valence-electron chi connectivity index (χ2n) is 7.30. The van der Waals surface area contributed by atoms with Gasteiger partial charge in [0, 0.05) is 0 Å². The lowest BCUT2D eigenvalue weighted by molar-refractivity contribution is -0.145. The van der Waals surface area contributed by atoms with Crippen LogP contribution in [0.25, 0.3) is 16.6 Å². The lowest BCUT2D eigenvalue weighted by Crippen LogP contribution is -2.55. The number of fused-ring (bicyclic) bond motifs is 3. The number of carbonyl (C=O) groups excluding carboxylic acids is 1. The number of nitrogens with zero attached hydrogens (tertiary/aromatic N) is 2. The van der Waals surface area contributed by atoms with E-state index in [1.165, 1.54) is 10.7 Å². The van der Waals surface area contributed by atoms with E-state index in [-0.39, 0.29) is 11.1 Å². The number of nitrogens with one attached hydrogen (secondary N) is 2. The molecule has 4 rings (SSSR count). The number of para-hydroxylation sites is 1. The van der Waals surface area contributed by atoms with Crippen molar-refractivity contribution in [2.75, 3.05) is 0 Å². The Balaban J connectivity index is 1.75. The van der Waals surface area contributed by atoms with Gasteiger partial charge in [-0.05, 0) is 31.9 Å². The molecule has 0 spiro atoms. The second kappa shape index (κ2) is 6.22. The molecule has 1 amide bonds. The van der Waals surface area contributed by atoms with Crippen molar-refractivity contribution in [1.82, 2.24) is 19.9 Å². The molecule has 1 aliphatic carbocycles. The first-order chi connectivity index (χ1) is 12.9. The summed E-state index contributed by atoms with van der Waals surface area (Å²) < 4.78 is 1.52. The van der Waals surface area contributed by atoms with Crippen molar-refractivity contribution in [2.45, 2.75) is 38.1 Å². The molecule has 2 atom stereocenters. The van der Waals surface area contributed by atoms with Crippen molar-refractivity contribution in [2.24, 2.45) is 5.92 Å². The summed E-state index contributed by atoms with van der Waals surface area (Å²) in [6, 6.07) is 7.00. The van der Waals surface area contributed by atoms with E-state index in [2.05, 4.69) is 15.4 Å². The number of carbonyl (C=O) groups is 2. The smallest absolute Gasteiger partial charge is 0.308 e. The number of hydrogen-bond donors (Lipinski definition) is 3. The van der Waals surface area contributed by atoms with Crippen molar-refractivity contribution in [3.05, 3.63) is 46.4 Å². The summed E-state index contributed by atoms with van der Waals surface area (Å²) in [5.41, 5.74) is -0.0363. The van der Waals surface area contributed by atoms with Gasteiger partial charge in [0.1, 0.15) is 11.2 Å². The number of carboxylic acid groups (broad SMARTS) is 1. The van der Waals surface area contributed by atoms with Crippen molar-refractivity contribution >= 4 is 28.4 Å². The fraction of sp³-hybridized carbons (Fsp3) is 0.368. The molecule has 1 aliphatic rings. The minimum absolute atomic E-state index is 0.216. The topological polar surface area (TPSA) is 117 Å². The maximum atomic E-state index is 12.9. The quantitative estimate of drug-likeness (QED) is 0.653. The summed E-state index contributed by atoms with van der Waals surface area (Å²) in [6.45, 7) is 1.77. The van der Waals surface area contributed by atoms with E-state index in [0.717, 1.165) is 12.8 Å². The number of carboxylic acids is 1. The summed E-state index contributed by atoms with van der Waals surface area (Å²) in [6.07, 6.45) is 4.21. The minimum atomic E-state index is -0.906. The van der Waals surface area contributed by atoms with Gasteiger partial charge in [-0.1, -0.05) is 25.0 Å². The summed E-state index contributed by atoms with van der Waals surface area (Å²) in [7, 11) is 0. The Bertz CT molecular complexity index is 1120. The third kappa shape index (κ3) is 2.77. The van der Waals surface area contributed by atoms with Gasteiger partial charge < -0.3 is 15.4 Å². The van der Waals surface area contributed by atoms with E-state index >= 15 is 0 Å². The van der Waals surface area contributed by atoms with Crippen LogP contribution in [-0.2, 0) is 4.79 Å². The number of aromatic nitrogens is 3. The van der Waals surface area contributed by atoms with E-state index in [1.807, 2.05) is 0 Å². The Labute approximate surface area is 154 Å². The normalized spacial score (nSPS) is 22.8. The van der Waals surface area contributed by atoms with Crippen LogP contribution in [0.4, 0.5) is 0 Å². The van der Waals surface area contributed by atoms with E-state index in [9.17, 15) is 19.5 Å². The summed E-state index contributed by atoms with van der Waals surface area (Å²) in [5.74, 6) is -1.99. The molecule has 27 heavy (non-hydrogen) atoms. The van der Waals surface area contributed by atoms with E-state index in [1.54, 1.807) is 31.2 Å². The number of H-pyrrole nitrogens is 1. The third-order valence-corrected chi connectivity index (χ3v) is 5.53. The molecule has 3 aromatic rings. The number of amides is 1. The number of benzene rings is 1. The van der Waals surface area contributed by atoms with Crippen LogP contribution in [0.2, 0.25) is 0 Å². The van der Waals surface area contributed by atoms with Crippen molar-refractivity contribution < 1.29 is 14.7 Å². The Kier molecular flexibility index (Phi) is 3.98. The van der Waals surface area contributed by atoms with Gasteiger partial charge in [0.2, 0.25) is 0 Å². The number of aliphatic carboxylic acids is 1. The fourth-order valence-electron chi connectivity index (χ4n) is 4.05. The molecule has 140 valence electrons. The molecule has 0 aliphatic heterocycles. The Morgan fingerprint density at radius 3 is 2.89 bits per heavy atom. The average molecular weight is 368 g/mol. The van der Waals surface area contributed by atoms with Crippen LogP contribution in [0, 0.1) is 5.92 Å². The molecule has 1 saturated carbocycles. The Morgan fingerprint density at radius 1 is 1.33 bits per heavy atom. The summed E-state index contributed by atoms with van der Waals surface area (Å²) in [5, 5.41) is 17.1. The van der Waals surface area contributed by atoms with E-state index in [4.69, 9.17) is 0 Å². The Morgan fingerprint density at radius 2 is 2.11 bits per heavy atom. The van der Waals surface area contributed by atoms with Crippen LogP contribution in [0.1, 0.15) is 43.0 Å². The predicted molar refractivity (Wildman–Crippen MR) is 98.8 cm³/mol. The molecule has 0 saturated heterocycles. The van der Waals surface area contributed by atoms with Crippen molar-refractivity contribution in [3.8, 4) is 0 Å². The van der Waals surface area contributed by atoms with Gasteiger partial charge in [-0.15, -0.1) is 0 Å². The van der Waals surface area contributed by atoms with Crippen LogP contribution >= 0.6 is 0 Å². The monoisotopic (exact) mass is 368 g/mol. The third-order valence-electron chi connectivity index (χ3n) is 5.53. The maximum Gasteiger partial charge on any atom is 0.308 e. The standard InChI is InChI=1S/C19H20N4O4/c1-19(9-5-4-7-13(19)18(26)27)22-17(25)12-10-20-23-14-8-3-2-6-11(14)16(24)21-15(12)23/h2-3,6,8,10,13H,4-5,7,9H2,1H3,(H,21,24)(H,22,25)(H,26,27). The first kappa shape index (κ1) is 17.3. The van der Waals surface area contributed by atoms with Crippen molar-refractivity contribution in [1.29, 1.82) is 0 Å². The van der Waals surface area contributed by atoms with Crippen LogP contribution < -0.4 is 10.9 Å². The van der Waals surface area contributed by atoms with Gasteiger partial charge in [-0.2, -0.15) is 5.10 Å². The highest BCUT2D eigenvalue weighted by atomic mass is 16.4. The zero-order chi connectivity index (χ0) is 19.2. The fourth-order valence-corrected chi connectivity index (χ4v) is 4.05. The molecule has 2 heterocycles. The molecule has 0 bridgehead atoms. The highest BCUT2D eigenvalue weighted by Gasteiger charge is 2.42. The minimum Gasteiger partial charge on any atom is -0.481 e. The van der Waals surface area contributed by atoms with Gasteiger partial charge in [0.15, 0.2) is 0 Å². The number of hydrogen-bond acceptors (Lipinski definition) is 4. The zero-order valence-corrected chi connectivity index (χ0v) is 14.9. The molecule has 3 N–H and O–H groups in total. The van der Waals surface area contributed by atoms with Crippen molar-refractivity contribution in [3.63, 3.8) is 0 Å². The molecule has 8 nitrogen and oxygen atoms in total. The zero-order valence-electron chi connectivity index (χ0n) is 14.9. The number of rotatable bonds is 3. The van der Waals surface area contributed by atoms with Crippen LogP contribution in [0.5, 0.6) is 0 Å². The lowest BCUT2D eigenvalue weighted by Gasteiger charge is -2.39. The maximum absolute atomic E-state index is 12.9. The van der Waals surface area contributed by atoms with Crippen LogP contribution in [-0.4, -0.2) is 37.1 Å². The molecular weight excluding hydrogens is 348 g/mol. The molecule has 0 radical (unpaired) electrons. The SMILES string of the molecule is CC1(NC(=O)c2cnn3c2[nH]c(=O)c2ccccc23)CCCCC1C(=O)O. The highest BCUT2D eigenvalue weighted by Crippen LogP contribution is 2.34.